The fourth-order valence-corrected chi connectivity index (χ4v) is 2.87. The summed E-state index contributed by atoms with van der Waals surface area (Å²) in [6, 6.07) is 11.2. The van der Waals surface area contributed by atoms with Gasteiger partial charge in [-0.05, 0) is 30.7 Å². The summed E-state index contributed by atoms with van der Waals surface area (Å²) in [7, 11) is 0. The van der Waals surface area contributed by atoms with Crippen LogP contribution in [0.4, 0.5) is 10.1 Å². The molecule has 1 heterocycles. The normalized spacial score (nSPS) is 18.2. The number of fused-ring (bicyclic) bond motifs is 1. The highest BCUT2D eigenvalue weighted by Gasteiger charge is 2.32. The fraction of sp³-hybridized carbons (Fsp3) is 0.188. The average molecular weight is 305 g/mol. The summed E-state index contributed by atoms with van der Waals surface area (Å²) >= 11 is 6.17. The molecule has 0 saturated heterocycles. The molecule has 0 spiro atoms. The smallest absolute Gasteiger partial charge is 0.246 e. The SMILES string of the molecule is CC(NC1C(=O)Nc2cc(F)ccc21)c1ccccc1Cl. The summed E-state index contributed by atoms with van der Waals surface area (Å²) in [5.41, 5.74) is 2.19. The van der Waals surface area contributed by atoms with Gasteiger partial charge in [0.1, 0.15) is 11.9 Å². The second-order valence-electron chi connectivity index (χ2n) is 5.06. The van der Waals surface area contributed by atoms with E-state index in [1.54, 1.807) is 6.07 Å². The van der Waals surface area contributed by atoms with Crippen LogP contribution < -0.4 is 10.6 Å². The quantitative estimate of drug-likeness (QED) is 0.905. The Morgan fingerprint density at radius 1 is 1.29 bits per heavy atom. The van der Waals surface area contributed by atoms with Crippen molar-refractivity contribution in [3.8, 4) is 0 Å². The molecule has 0 aliphatic carbocycles. The van der Waals surface area contributed by atoms with Gasteiger partial charge in [-0.2, -0.15) is 0 Å². The number of hydrogen-bond donors (Lipinski definition) is 2. The highest BCUT2D eigenvalue weighted by molar-refractivity contribution is 6.31. The third-order valence-corrected chi connectivity index (χ3v) is 3.98. The number of amides is 1. The monoisotopic (exact) mass is 304 g/mol. The molecule has 0 fully saturated rings. The molecule has 3 rings (SSSR count). The molecule has 1 amide bonds. The highest BCUT2D eigenvalue weighted by atomic mass is 35.5. The average Bonchev–Trinajstić information content (AvgIpc) is 2.74. The lowest BCUT2D eigenvalue weighted by molar-refractivity contribution is -0.117. The van der Waals surface area contributed by atoms with Crippen LogP contribution >= 0.6 is 11.6 Å². The van der Waals surface area contributed by atoms with Crippen molar-refractivity contribution in [1.29, 1.82) is 0 Å². The standard InChI is InChI=1S/C16H14ClFN2O/c1-9(11-4-2-3-5-13(11)17)19-15-12-7-6-10(18)8-14(12)20-16(15)21/h2-9,15,19H,1H3,(H,20,21). The summed E-state index contributed by atoms with van der Waals surface area (Å²) in [5, 5.41) is 6.58. The van der Waals surface area contributed by atoms with Crippen LogP contribution in [0.5, 0.6) is 0 Å². The first-order valence-electron chi connectivity index (χ1n) is 6.67. The molecule has 21 heavy (non-hydrogen) atoms. The molecule has 0 bridgehead atoms. The molecular weight excluding hydrogens is 291 g/mol. The summed E-state index contributed by atoms with van der Waals surface area (Å²) in [4.78, 5) is 12.1. The summed E-state index contributed by atoms with van der Waals surface area (Å²) in [6.07, 6.45) is 0. The van der Waals surface area contributed by atoms with Crippen molar-refractivity contribution in [2.45, 2.75) is 19.0 Å². The van der Waals surface area contributed by atoms with Gasteiger partial charge in [-0.15, -0.1) is 0 Å². The lowest BCUT2D eigenvalue weighted by Gasteiger charge is -2.19. The number of rotatable bonds is 3. The van der Waals surface area contributed by atoms with Crippen molar-refractivity contribution in [2.75, 3.05) is 5.32 Å². The minimum atomic E-state index is -0.508. The Morgan fingerprint density at radius 3 is 2.81 bits per heavy atom. The Morgan fingerprint density at radius 2 is 2.05 bits per heavy atom. The van der Waals surface area contributed by atoms with Crippen molar-refractivity contribution in [3.05, 3.63) is 64.4 Å². The molecule has 2 aromatic rings. The van der Waals surface area contributed by atoms with E-state index in [9.17, 15) is 9.18 Å². The topological polar surface area (TPSA) is 41.1 Å². The van der Waals surface area contributed by atoms with Gasteiger partial charge < -0.3 is 5.32 Å². The van der Waals surface area contributed by atoms with Crippen LogP contribution in [0.25, 0.3) is 0 Å². The lowest BCUT2D eigenvalue weighted by atomic mass is 10.0. The van der Waals surface area contributed by atoms with Crippen molar-refractivity contribution in [2.24, 2.45) is 0 Å². The molecule has 2 N–H and O–H groups in total. The minimum Gasteiger partial charge on any atom is -0.324 e. The molecule has 0 saturated carbocycles. The van der Waals surface area contributed by atoms with E-state index in [0.29, 0.717) is 10.7 Å². The molecule has 2 unspecified atom stereocenters. The van der Waals surface area contributed by atoms with Gasteiger partial charge in [0, 0.05) is 22.3 Å². The number of anilines is 1. The van der Waals surface area contributed by atoms with Gasteiger partial charge in [0.25, 0.3) is 0 Å². The van der Waals surface area contributed by atoms with E-state index >= 15 is 0 Å². The van der Waals surface area contributed by atoms with Gasteiger partial charge in [0.15, 0.2) is 0 Å². The van der Waals surface area contributed by atoms with Gasteiger partial charge in [-0.3, -0.25) is 10.1 Å². The van der Waals surface area contributed by atoms with Gasteiger partial charge in [-0.25, -0.2) is 4.39 Å². The van der Waals surface area contributed by atoms with E-state index in [2.05, 4.69) is 10.6 Å². The van der Waals surface area contributed by atoms with E-state index in [0.717, 1.165) is 11.1 Å². The third kappa shape index (κ3) is 2.64. The molecule has 3 nitrogen and oxygen atoms in total. The molecule has 1 aliphatic rings. The highest BCUT2D eigenvalue weighted by Crippen LogP contribution is 2.33. The van der Waals surface area contributed by atoms with Crippen LogP contribution in [0.15, 0.2) is 42.5 Å². The van der Waals surface area contributed by atoms with E-state index in [1.807, 2.05) is 31.2 Å². The Labute approximate surface area is 127 Å². The minimum absolute atomic E-state index is 0.106. The number of carbonyl (C=O) groups excluding carboxylic acids is 1. The van der Waals surface area contributed by atoms with Gasteiger partial charge >= 0.3 is 0 Å². The van der Waals surface area contributed by atoms with Crippen LogP contribution in [0, 0.1) is 5.82 Å². The molecule has 2 aromatic carbocycles. The van der Waals surface area contributed by atoms with E-state index in [1.165, 1.54) is 12.1 Å². The molecule has 0 aromatic heterocycles. The predicted molar refractivity (Wildman–Crippen MR) is 80.8 cm³/mol. The Hall–Kier alpha value is -1.91. The molecule has 108 valence electrons. The van der Waals surface area contributed by atoms with Gasteiger partial charge in [0.05, 0.1) is 0 Å². The second kappa shape index (κ2) is 5.47. The van der Waals surface area contributed by atoms with Crippen molar-refractivity contribution < 1.29 is 9.18 Å². The first-order valence-corrected chi connectivity index (χ1v) is 7.05. The van der Waals surface area contributed by atoms with Crippen molar-refractivity contribution in [3.63, 3.8) is 0 Å². The number of benzene rings is 2. The maximum Gasteiger partial charge on any atom is 0.246 e. The molecular formula is C16H14ClFN2O. The maximum atomic E-state index is 13.2. The fourth-order valence-electron chi connectivity index (χ4n) is 2.57. The summed E-state index contributed by atoms with van der Waals surface area (Å²) < 4.78 is 13.2. The molecule has 5 heteroatoms. The van der Waals surface area contributed by atoms with E-state index in [-0.39, 0.29) is 17.8 Å². The molecule has 2 atom stereocenters. The van der Waals surface area contributed by atoms with E-state index < -0.39 is 6.04 Å². The number of carbonyl (C=O) groups is 1. The zero-order valence-electron chi connectivity index (χ0n) is 11.4. The Bertz CT molecular complexity index is 704. The summed E-state index contributed by atoms with van der Waals surface area (Å²) in [6.45, 7) is 1.94. The largest absolute Gasteiger partial charge is 0.324 e. The van der Waals surface area contributed by atoms with Gasteiger partial charge in [-0.1, -0.05) is 35.9 Å². The number of nitrogens with one attached hydrogen (secondary N) is 2. The first kappa shape index (κ1) is 14.0. The second-order valence-corrected chi connectivity index (χ2v) is 5.47. The Kier molecular flexibility index (Phi) is 3.66. The third-order valence-electron chi connectivity index (χ3n) is 3.63. The first-order chi connectivity index (χ1) is 10.1. The van der Waals surface area contributed by atoms with Crippen LogP contribution in [0.3, 0.4) is 0 Å². The van der Waals surface area contributed by atoms with Crippen LogP contribution in [-0.4, -0.2) is 5.91 Å². The Balaban J connectivity index is 1.86. The maximum absolute atomic E-state index is 13.2. The van der Waals surface area contributed by atoms with E-state index in [4.69, 9.17) is 11.6 Å². The zero-order valence-corrected chi connectivity index (χ0v) is 12.1. The van der Waals surface area contributed by atoms with Crippen LogP contribution in [0.1, 0.15) is 30.1 Å². The molecule has 0 radical (unpaired) electrons. The van der Waals surface area contributed by atoms with Gasteiger partial charge in [0.2, 0.25) is 5.91 Å². The van der Waals surface area contributed by atoms with Crippen LogP contribution in [-0.2, 0) is 4.79 Å². The predicted octanol–water partition coefficient (Wildman–Crippen LogP) is 3.82. The zero-order chi connectivity index (χ0) is 15.0. The van der Waals surface area contributed by atoms with Crippen molar-refractivity contribution in [1.82, 2.24) is 5.32 Å². The number of hydrogen-bond acceptors (Lipinski definition) is 2. The lowest BCUT2D eigenvalue weighted by Crippen LogP contribution is -2.30. The summed E-state index contributed by atoms with van der Waals surface area (Å²) in [5.74, 6) is -0.552. The van der Waals surface area contributed by atoms with Crippen LogP contribution in [0.2, 0.25) is 5.02 Å². The number of halogens is 2. The van der Waals surface area contributed by atoms with Crippen molar-refractivity contribution >= 4 is 23.2 Å². The molecule has 1 aliphatic heterocycles.